The molecule has 0 N–H and O–H groups in total. The van der Waals surface area contributed by atoms with Crippen molar-refractivity contribution in [1.29, 1.82) is 0 Å². The number of alkyl halides is 2. The van der Waals surface area contributed by atoms with Gasteiger partial charge < -0.3 is 0 Å². The van der Waals surface area contributed by atoms with Crippen LogP contribution in [-0.4, -0.2) is 6.43 Å². The molecule has 80 valence electrons. The summed E-state index contributed by atoms with van der Waals surface area (Å²) >= 11 is 3.27. The first-order valence-electron chi connectivity index (χ1n) is 4.56. The van der Waals surface area contributed by atoms with Gasteiger partial charge in [0.1, 0.15) is 0 Å². The van der Waals surface area contributed by atoms with E-state index in [2.05, 4.69) is 22.9 Å². The van der Waals surface area contributed by atoms with Crippen LogP contribution in [0.1, 0.15) is 26.7 Å². The zero-order chi connectivity index (χ0) is 11.0. The summed E-state index contributed by atoms with van der Waals surface area (Å²) in [5.41, 5.74) is 0.0749. The average Bonchev–Trinajstić information content (AvgIpc) is 2.14. The highest BCUT2D eigenvalue weighted by Gasteiger charge is 2.02. The van der Waals surface area contributed by atoms with Gasteiger partial charge in [-0.15, -0.1) is 0 Å². The minimum atomic E-state index is -2.37. The van der Waals surface area contributed by atoms with Gasteiger partial charge in [-0.2, -0.15) is 0 Å². The molecular weight excluding hydrogens is 250 g/mol. The van der Waals surface area contributed by atoms with Gasteiger partial charge in [0.05, 0.1) is 0 Å². The van der Waals surface area contributed by atoms with Crippen molar-refractivity contribution in [3.63, 3.8) is 0 Å². The Morgan fingerprint density at radius 1 is 1.36 bits per heavy atom. The highest BCUT2D eigenvalue weighted by molar-refractivity contribution is 9.11. The van der Waals surface area contributed by atoms with Gasteiger partial charge in [0.2, 0.25) is 0 Å². The molecule has 0 rings (SSSR count). The first-order chi connectivity index (χ1) is 6.57. The molecule has 0 radical (unpaired) electrons. The van der Waals surface area contributed by atoms with Crippen LogP contribution in [0.4, 0.5) is 8.78 Å². The number of rotatable bonds is 5. The molecule has 0 amide bonds. The highest BCUT2D eigenvalue weighted by atomic mass is 79.9. The molecule has 14 heavy (non-hydrogen) atoms. The third-order valence-corrected chi connectivity index (χ3v) is 2.11. The summed E-state index contributed by atoms with van der Waals surface area (Å²) in [5, 5.41) is 0. The summed E-state index contributed by atoms with van der Waals surface area (Å²) in [6, 6.07) is 0. The maximum atomic E-state index is 12.1. The molecule has 0 fully saturated rings. The van der Waals surface area contributed by atoms with Gasteiger partial charge in [-0.3, -0.25) is 0 Å². The lowest BCUT2D eigenvalue weighted by Crippen LogP contribution is -1.89. The Morgan fingerprint density at radius 3 is 2.50 bits per heavy atom. The van der Waals surface area contributed by atoms with Crippen LogP contribution in [0.15, 0.2) is 34.4 Å². The van der Waals surface area contributed by atoms with Crippen molar-refractivity contribution in [2.24, 2.45) is 0 Å². The number of unbranched alkanes of at least 4 members (excludes halogenated alkanes) is 1. The lowest BCUT2D eigenvalue weighted by molar-refractivity contribution is 0.190. The molecule has 0 aliphatic heterocycles. The molecule has 0 spiro atoms. The third-order valence-electron chi connectivity index (χ3n) is 1.58. The summed E-state index contributed by atoms with van der Waals surface area (Å²) < 4.78 is 24.9. The van der Waals surface area contributed by atoms with Crippen LogP contribution in [0.3, 0.4) is 0 Å². The Labute approximate surface area is 92.5 Å². The summed E-state index contributed by atoms with van der Waals surface area (Å²) in [7, 11) is 0. The molecule has 0 unspecified atom stereocenters. The maximum absolute atomic E-state index is 12.1. The summed E-state index contributed by atoms with van der Waals surface area (Å²) in [6.45, 7) is 3.50. The fraction of sp³-hybridized carbons (Fsp3) is 0.455. The predicted molar refractivity (Wildman–Crippen MR) is 60.8 cm³/mol. The van der Waals surface area contributed by atoms with Crippen molar-refractivity contribution in [3.8, 4) is 0 Å². The molecule has 0 atom stereocenters. The number of hydrogen-bond acceptors (Lipinski definition) is 0. The van der Waals surface area contributed by atoms with Crippen LogP contribution in [-0.2, 0) is 0 Å². The lowest BCUT2D eigenvalue weighted by Gasteiger charge is -1.95. The van der Waals surface area contributed by atoms with E-state index in [0.717, 1.165) is 17.3 Å². The van der Waals surface area contributed by atoms with Crippen molar-refractivity contribution in [2.75, 3.05) is 0 Å². The molecule has 0 saturated carbocycles. The molecule has 0 aliphatic carbocycles. The van der Waals surface area contributed by atoms with Gasteiger partial charge >= 0.3 is 0 Å². The van der Waals surface area contributed by atoms with E-state index >= 15 is 0 Å². The van der Waals surface area contributed by atoms with Gasteiger partial charge in [-0.25, -0.2) is 8.78 Å². The lowest BCUT2D eigenvalue weighted by atomic mass is 10.2. The first kappa shape index (κ1) is 13.6. The van der Waals surface area contributed by atoms with E-state index in [1.807, 2.05) is 12.2 Å². The van der Waals surface area contributed by atoms with Gasteiger partial charge in [0.15, 0.2) is 0 Å². The largest absolute Gasteiger partial charge is 0.259 e. The number of allylic oxidation sites excluding steroid dienone is 6. The predicted octanol–water partition coefficient (Wildman–Crippen LogP) is 4.83. The van der Waals surface area contributed by atoms with E-state index in [-0.39, 0.29) is 5.57 Å². The van der Waals surface area contributed by atoms with Crippen LogP contribution in [0, 0.1) is 0 Å². The summed E-state index contributed by atoms with van der Waals surface area (Å²) in [6.07, 6.45) is 6.65. The van der Waals surface area contributed by atoms with Crippen LogP contribution >= 0.6 is 15.9 Å². The minimum absolute atomic E-state index is 0.0749. The van der Waals surface area contributed by atoms with Gasteiger partial charge in [0.25, 0.3) is 6.43 Å². The van der Waals surface area contributed by atoms with Crippen molar-refractivity contribution >= 4 is 15.9 Å². The van der Waals surface area contributed by atoms with E-state index < -0.39 is 6.43 Å². The van der Waals surface area contributed by atoms with Crippen molar-refractivity contribution in [3.05, 3.63) is 34.4 Å². The second-order valence-electron chi connectivity index (χ2n) is 2.95. The molecule has 0 nitrogen and oxygen atoms in total. The third kappa shape index (κ3) is 7.01. The van der Waals surface area contributed by atoms with E-state index in [0.29, 0.717) is 0 Å². The molecular formula is C11H15BrF2. The van der Waals surface area contributed by atoms with Gasteiger partial charge in [-0.1, -0.05) is 47.5 Å². The molecule has 0 bridgehead atoms. The topological polar surface area (TPSA) is 0 Å². The Kier molecular flexibility index (Phi) is 7.67. The SMILES string of the molecule is CCC/C=C/C(Br)=C\C=C(/C)C(F)F. The van der Waals surface area contributed by atoms with E-state index in [1.165, 1.54) is 13.0 Å². The number of halogens is 3. The second kappa shape index (κ2) is 7.92. The first-order valence-corrected chi connectivity index (χ1v) is 5.36. The Balaban J connectivity index is 4.17. The van der Waals surface area contributed by atoms with Crippen molar-refractivity contribution in [1.82, 2.24) is 0 Å². The van der Waals surface area contributed by atoms with Crippen LogP contribution in [0.25, 0.3) is 0 Å². The normalized spacial score (nSPS) is 14.4. The second-order valence-corrected chi connectivity index (χ2v) is 3.87. The van der Waals surface area contributed by atoms with Gasteiger partial charge in [0, 0.05) is 4.48 Å². The fourth-order valence-corrected chi connectivity index (χ4v) is 1.02. The quantitative estimate of drug-likeness (QED) is 0.624. The standard InChI is InChI=1S/C11H15BrF2/c1-3-4-5-6-10(12)8-7-9(2)11(13)14/h5-8,11H,3-4H2,1-2H3/b6-5+,9-7+,10-8+. The molecule has 0 saturated heterocycles. The van der Waals surface area contributed by atoms with Crippen LogP contribution in [0.5, 0.6) is 0 Å². The van der Waals surface area contributed by atoms with Crippen LogP contribution in [0.2, 0.25) is 0 Å². The Hall–Kier alpha value is -0.440. The van der Waals surface area contributed by atoms with E-state index in [4.69, 9.17) is 0 Å². The average molecular weight is 265 g/mol. The molecule has 0 aromatic carbocycles. The molecule has 0 aliphatic rings. The molecule has 0 heterocycles. The molecule has 0 aromatic heterocycles. The Bertz CT molecular complexity index is 240. The van der Waals surface area contributed by atoms with Gasteiger partial charge in [-0.05, 0) is 25.0 Å². The number of hydrogen-bond donors (Lipinski definition) is 0. The zero-order valence-electron chi connectivity index (χ0n) is 8.43. The zero-order valence-corrected chi connectivity index (χ0v) is 10.0. The molecule has 3 heteroatoms. The Morgan fingerprint density at radius 2 is 2.00 bits per heavy atom. The highest BCUT2D eigenvalue weighted by Crippen LogP contribution is 2.12. The minimum Gasteiger partial charge on any atom is -0.205 e. The van der Waals surface area contributed by atoms with Crippen molar-refractivity contribution < 1.29 is 8.78 Å². The summed E-state index contributed by atoms with van der Waals surface area (Å²) in [4.78, 5) is 0. The van der Waals surface area contributed by atoms with Crippen LogP contribution < -0.4 is 0 Å². The van der Waals surface area contributed by atoms with Crippen molar-refractivity contribution in [2.45, 2.75) is 33.1 Å². The fourth-order valence-electron chi connectivity index (χ4n) is 0.702. The monoisotopic (exact) mass is 264 g/mol. The smallest absolute Gasteiger partial charge is 0.205 e. The molecule has 0 aromatic rings. The summed E-state index contributed by atoms with van der Waals surface area (Å²) in [5.74, 6) is 0. The van der Waals surface area contributed by atoms with E-state index in [9.17, 15) is 8.78 Å². The maximum Gasteiger partial charge on any atom is 0.259 e. The van der Waals surface area contributed by atoms with E-state index in [1.54, 1.807) is 6.08 Å².